The average Bonchev–Trinajstić information content (AvgIpc) is 2.87. The molecule has 0 aromatic carbocycles. The van der Waals surface area contributed by atoms with Crippen LogP contribution in [-0.2, 0) is 23.5 Å². The van der Waals surface area contributed by atoms with E-state index in [0.29, 0.717) is 19.3 Å². The van der Waals surface area contributed by atoms with E-state index in [0.717, 1.165) is 5.57 Å². The summed E-state index contributed by atoms with van der Waals surface area (Å²) in [7, 11) is -5.37. The monoisotopic (exact) mass is 496 g/mol. The molecule has 0 aromatic rings. The van der Waals surface area contributed by atoms with Crippen LogP contribution in [0, 0.1) is 34.5 Å². The summed E-state index contributed by atoms with van der Waals surface area (Å²) in [6, 6.07) is 0. The van der Waals surface area contributed by atoms with Crippen LogP contribution in [-0.4, -0.2) is 34.7 Å². The van der Waals surface area contributed by atoms with Gasteiger partial charge in [-0.25, -0.2) is 0 Å². The summed E-state index contributed by atoms with van der Waals surface area (Å²) >= 11 is 0. The van der Waals surface area contributed by atoms with Crippen LogP contribution in [0.5, 0.6) is 0 Å². The van der Waals surface area contributed by atoms with E-state index in [4.69, 9.17) is 0 Å². The molecule has 0 aliphatic heterocycles. The summed E-state index contributed by atoms with van der Waals surface area (Å²) in [5.41, 5.74) is -2.68. The van der Waals surface area contributed by atoms with Crippen molar-refractivity contribution in [2.45, 2.75) is 52.1 Å². The van der Waals surface area contributed by atoms with Crippen LogP contribution in [0.1, 0.15) is 46.5 Å². The first-order chi connectivity index (χ1) is 14.2. The van der Waals surface area contributed by atoms with Gasteiger partial charge >= 0.3 is 59.1 Å². The molecule has 0 spiro atoms. The van der Waals surface area contributed by atoms with Gasteiger partial charge in [-0.2, -0.15) is 0 Å². The molecule has 33 heavy (non-hydrogen) atoms. The Kier molecular flexibility index (Phi) is 8.84. The summed E-state index contributed by atoms with van der Waals surface area (Å²) in [5.74, 6) is -2.14. The number of hydrogen-bond donors (Lipinski definition) is 1. The molecule has 1 N–H and O–H groups in total. The summed E-state index contributed by atoms with van der Waals surface area (Å²) < 4.78 is 15.0. The van der Waals surface area contributed by atoms with E-state index in [-0.39, 0.29) is 94.9 Å². The fourth-order valence-electron chi connectivity index (χ4n) is 7.21. The van der Waals surface area contributed by atoms with Gasteiger partial charge in [0.25, 0.3) is 0 Å². The molecule has 0 heterocycles. The van der Waals surface area contributed by atoms with Gasteiger partial charge in [0, 0.05) is 23.2 Å². The Bertz CT molecular complexity index is 973. The van der Waals surface area contributed by atoms with Crippen LogP contribution in [0.15, 0.2) is 23.8 Å². The number of rotatable bonds is 4. The molecule has 0 saturated heterocycles. The molecule has 7 atom stereocenters. The molecular weight excluding hydrogens is 469 g/mol. The number of fused-ring (bicyclic) bond motifs is 5. The van der Waals surface area contributed by atoms with E-state index < -0.39 is 42.6 Å². The Hall–Kier alpha value is 0.560. The van der Waals surface area contributed by atoms with E-state index in [2.05, 4.69) is 4.52 Å². The fourth-order valence-corrected chi connectivity index (χ4v) is 7.48. The molecule has 8 nitrogen and oxygen atoms in total. The van der Waals surface area contributed by atoms with E-state index in [1.165, 1.54) is 6.08 Å². The summed E-state index contributed by atoms with van der Waals surface area (Å²) in [5, 5.41) is 11.6. The number of carbonyl (C=O) groups is 3. The van der Waals surface area contributed by atoms with Gasteiger partial charge in [0.2, 0.25) is 0 Å². The van der Waals surface area contributed by atoms with E-state index in [1.807, 2.05) is 13.0 Å². The molecule has 4 aliphatic carbocycles. The second-order valence-corrected chi connectivity index (χ2v) is 11.2. The van der Waals surface area contributed by atoms with Crippen molar-refractivity contribution in [1.29, 1.82) is 0 Å². The Morgan fingerprint density at radius 2 is 1.91 bits per heavy atom. The van der Waals surface area contributed by atoms with Gasteiger partial charge in [-0.3, -0.25) is 14.4 Å². The fraction of sp³-hybridized carbons (Fsp3) is 0.682. The minimum Gasteiger partial charge on any atom is -0.790 e. The van der Waals surface area contributed by atoms with Crippen LogP contribution in [0.25, 0.3) is 0 Å². The van der Waals surface area contributed by atoms with Crippen LogP contribution in [0.4, 0.5) is 0 Å². The van der Waals surface area contributed by atoms with Crippen molar-refractivity contribution in [3.05, 3.63) is 23.8 Å². The zero-order chi connectivity index (χ0) is 23.0. The number of allylic oxidation sites excluding steroid dienone is 4. The number of Topliss-reactive ketones (excluding diaryl/α,β-unsaturated/α-hetero) is 2. The molecule has 4 rings (SSSR count). The molecule has 3 saturated carbocycles. The zero-order valence-electron chi connectivity index (χ0n) is 19.8. The molecule has 0 radical (unpaired) electrons. The number of ketones is 3. The van der Waals surface area contributed by atoms with Crippen molar-refractivity contribution in [2.24, 2.45) is 34.5 Å². The van der Waals surface area contributed by atoms with Gasteiger partial charge in [0.05, 0.1) is 7.82 Å². The molecule has 3 fully saturated rings. The quantitative estimate of drug-likeness (QED) is 0.301. The maximum absolute atomic E-state index is 13.5. The third-order valence-corrected chi connectivity index (χ3v) is 9.06. The van der Waals surface area contributed by atoms with E-state index in [1.54, 1.807) is 19.9 Å². The first kappa shape index (κ1) is 29.8. The van der Waals surface area contributed by atoms with Crippen molar-refractivity contribution < 1.29 is 97.5 Å². The molecule has 7 unspecified atom stereocenters. The van der Waals surface area contributed by atoms with Gasteiger partial charge in [-0.1, -0.05) is 32.4 Å². The minimum atomic E-state index is -5.37. The zero-order valence-corrected chi connectivity index (χ0v) is 24.7. The number of phosphoric acid groups is 1. The number of phosphoric ester groups is 1. The maximum Gasteiger partial charge on any atom is 1.00 e. The summed E-state index contributed by atoms with van der Waals surface area (Å²) in [6.45, 7) is 4.37. The van der Waals surface area contributed by atoms with Crippen molar-refractivity contribution in [1.82, 2.24) is 0 Å². The maximum atomic E-state index is 13.5. The Morgan fingerprint density at radius 3 is 2.52 bits per heavy atom. The smallest absolute Gasteiger partial charge is 0.790 e. The Morgan fingerprint density at radius 1 is 1.27 bits per heavy atom. The molecule has 11 heteroatoms. The number of hydrogen-bond acceptors (Lipinski definition) is 8. The predicted molar refractivity (Wildman–Crippen MR) is 105 cm³/mol. The second kappa shape index (κ2) is 9.79. The van der Waals surface area contributed by atoms with Gasteiger partial charge in [-0.05, 0) is 49.2 Å². The van der Waals surface area contributed by atoms with Gasteiger partial charge in [0.1, 0.15) is 18.0 Å². The second-order valence-electron chi connectivity index (χ2n) is 10.1. The van der Waals surface area contributed by atoms with E-state index in [9.17, 15) is 33.8 Å². The van der Waals surface area contributed by atoms with Gasteiger partial charge < -0.3 is 24.0 Å². The van der Waals surface area contributed by atoms with Crippen molar-refractivity contribution in [3.8, 4) is 0 Å². The summed E-state index contributed by atoms with van der Waals surface area (Å²) in [4.78, 5) is 60.0. The molecule has 4 aliphatic rings. The standard InChI is InChI=1S/C22H29O8P.2Na/c1-12-8-16-15-5-4-13-9-14(23)6-7-20(13,2)19(15)17(24)10-21(16,3)22(12,26)18(25)11-30-31(27,28)29;;/h6-7,9,12,15-16,19,26H,4-5,8,10-11H2,1-3H3,(H2,27,28,29);;/q;2*+1/p-2. The van der Waals surface area contributed by atoms with Crippen LogP contribution in [0.2, 0.25) is 0 Å². The van der Waals surface area contributed by atoms with Crippen LogP contribution < -0.4 is 68.9 Å². The number of carbonyl (C=O) groups excluding carboxylic acids is 3. The van der Waals surface area contributed by atoms with Crippen molar-refractivity contribution >= 4 is 25.2 Å². The Labute approximate surface area is 237 Å². The van der Waals surface area contributed by atoms with E-state index >= 15 is 0 Å². The third-order valence-electron chi connectivity index (χ3n) is 8.62. The Balaban J connectivity index is 0.00000193. The van der Waals surface area contributed by atoms with Crippen LogP contribution in [0.3, 0.4) is 0 Å². The predicted octanol–water partition coefficient (Wildman–Crippen LogP) is -5.13. The van der Waals surface area contributed by atoms with Crippen molar-refractivity contribution in [2.75, 3.05) is 6.61 Å². The first-order valence-electron chi connectivity index (χ1n) is 10.6. The molecule has 0 amide bonds. The van der Waals surface area contributed by atoms with Crippen molar-refractivity contribution in [3.63, 3.8) is 0 Å². The van der Waals surface area contributed by atoms with Gasteiger partial charge in [-0.15, -0.1) is 0 Å². The molecular formula is C22H27Na2O8P. The largest absolute Gasteiger partial charge is 1.00 e. The molecule has 0 aromatic heterocycles. The SMILES string of the molecule is CC1CC2C3CCC4=CC(=O)C=CC4(C)C3C(=O)CC2(C)C1(O)C(=O)COP(=O)([O-])[O-].[Na+].[Na+]. The van der Waals surface area contributed by atoms with Gasteiger partial charge in [0.15, 0.2) is 11.6 Å². The molecule has 170 valence electrons. The first-order valence-corrected chi connectivity index (χ1v) is 12.1. The minimum absolute atomic E-state index is 0. The average molecular weight is 496 g/mol. The normalized spacial score (nSPS) is 41.7. The molecule has 0 bridgehead atoms. The van der Waals surface area contributed by atoms with Crippen LogP contribution >= 0.6 is 7.82 Å². The third kappa shape index (κ3) is 4.57. The summed E-state index contributed by atoms with van der Waals surface area (Å²) in [6.07, 6.45) is 6.74. The number of aliphatic hydroxyl groups is 1. The topological polar surface area (TPSA) is 144 Å².